The summed E-state index contributed by atoms with van der Waals surface area (Å²) in [6, 6.07) is 17.6. The minimum Gasteiger partial charge on any atom is -0.494 e. The average molecular weight is 321 g/mol. The van der Waals surface area contributed by atoms with Crippen LogP contribution in [0.4, 0.5) is 5.69 Å². The van der Waals surface area contributed by atoms with Crippen LogP contribution in [0.3, 0.4) is 0 Å². The molecule has 0 aliphatic heterocycles. The van der Waals surface area contributed by atoms with Gasteiger partial charge in [0.2, 0.25) is 5.91 Å². The number of amides is 1. The number of halogens is 1. The zero-order chi connectivity index (χ0) is 14.9. The van der Waals surface area contributed by atoms with Gasteiger partial charge >= 0.3 is 0 Å². The molecule has 5 heteroatoms. The van der Waals surface area contributed by atoms with Crippen molar-refractivity contribution < 1.29 is 9.53 Å². The van der Waals surface area contributed by atoms with Crippen molar-refractivity contribution in [1.82, 2.24) is 0 Å². The summed E-state index contributed by atoms with van der Waals surface area (Å²) in [5.74, 6) is 0.598. The van der Waals surface area contributed by atoms with Crippen LogP contribution in [-0.4, -0.2) is 19.1 Å². The van der Waals surface area contributed by atoms with Gasteiger partial charge in [-0.3, -0.25) is 4.79 Å². The minimum atomic E-state index is -0.202. The number of ether oxygens (including phenoxy) is 1. The highest BCUT2D eigenvalue weighted by atomic mass is 35.5. The van der Waals surface area contributed by atoms with Crippen molar-refractivity contribution in [2.75, 3.05) is 18.5 Å². The van der Waals surface area contributed by atoms with Gasteiger partial charge in [0, 0.05) is 5.69 Å². The zero-order valence-electron chi connectivity index (χ0n) is 12.3. The summed E-state index contributed by atoms with van der Waals surface area (Å²) in [5, 5.41) is 2.69. The van der Waals surface area contributed by atoms with Crippen molar-refractivity contribution in [1.29, 1.82) is 0 Å². The highest BCUT2D eigenvalue weighted by Gasteiger charge is 2.00. The SMILES string of the molecule is Cl.NCC(=O)Nc1ccc(OCCCc2ccccc2)cc1. The van der Waals surface area contributed by atoms with Gasteiger partial charge in [-0.1, -0.05) is 30.3 Å². The molecular weight excluding hydrogens is 300 g/mol. The Bertz CT molecular complexity index is 559. The van der Waals surface area contributed by atoms with Crippen LogP contribution in [0.15, 0.2) is 54.6 Å². The van der Waals surface area contributed by atoms with E-state index in [4.69, 9.17) is 10.5 Å². The lowest BCUT2D eigenvalue weighted by molar-refractivity contribution is -0.114. The molecule has 0 aromatic heterocycles. The van der Waals surface area contributed by atoms with Crippen LogP contribution in [-0.2, 0) is 11.2 Å². The van der Waals surface area contributed by atoms with Crippen LogP contribution >= 0.6 is 12.4 Å². The molecule has 118 valence electrons. The number of nitrogens with one attached hydrogen (secondary N) is 1. The first kappa shape index (κ1) is 18.0. The summed E-state index contributed by atoms with van der Waals surface area (Å²) in [6.45, 7) is 0.654. The lowest BCUT2D eigenvalue weighted by Gasteiger charge is -2.08. The molecule has 1 amide bonds. The summed E-state index contributed by atoms with van der Waals surface area (Å²) >= 11 is 0. The monoisotopic (exact) mass is 320 g/mol. The first-order valence-corrected chi connectivity index (χ1v) is 7.04. The van der Waals surface area contributed by atoms with E-state index in [2.05, 4.69) is 17.4 Å². The van der Waals surface area contributed by atoms with Crippen LogP contribution in [0.2, 0.25) is 0 Å². The van der Waals surface area contributed by atoms with Crippen LogP contribution < -0.4 is 15.8 Å². The lowest BCUT2D eigenvalue weighted by Crippen LogP contribution is -2.21. The maximum Gasteiger partial charge on any atom is 0.238 e. The van der Waals surface area contributed by atoms with Gasteiger partial charge < -0.3 is 15.8 Å². The van der Waals surface area contributed by atoms with Gasteiger partial charge in [-0.15, -0.1) is 12.4 Å². The van der Waals surface area contributed by atoms with Crippen molar-refractivity contribution in [2.45, 2.75) is 12.8 Å². The maximum atomic E-state index is 11.1. The Morgan fingerprint density at radius 2 is 1.73 bits per heavy atom. The number of nitrogens with two attached hydrogens (primary N) is 1. The van der Waals surface area contributed by atoms with Crippen LogP contribution in [0, 0.1) is 0 Å². The number of anilines is 1. The van der Waals surface area contributed by atoms with Crippen LogP contribution in [0.1, 0.15) is 12.0 Å². The number of carbonyl (C=O) groups is 1. The zero-order valence-corrected chi connectivity index (χ0v) is 13.1. The predicted molar refractivity (Wildman–Crippen MR) is 91.6 cm³/mol. The van der Waals surface area contributed by atoms with E-state index in [0.29, 0.717) is 6.61 Å². The van der Waals surface area contributed by atoms with E-state index < -0.39 is 0 Å². The molecule has 0 radical (unpaired) electrons. The molecule has 4 nitrogen and oxygen atoms in total. The molecule has 0 heterocycles. The molecule has 0 unspecified atom stereocenters. The van der Waals surface area contributed by atoms with Crippen LogP contribution in [0.25, 0.3) is 0 Å². The fraction of sp³-hybridized carbons (Fsp3) is 0.235. The van der Waals surface area contributed by atoms with E-state index in [-0.39, 0.29) is 24.9 Å². The van der Waals surface area contributed by atoms with Gasteiger partial charge in [0.25, 0.3) is 0 Å². The Balaban J connectivity index is 0.00000242. The topological polar surface area (TPSA) is 64.4 Å². The molecule has 3 N–H and O–H groups in total. The van der Waals surface area contributed by atoms with Crippen molar-refractivity contribution in [2.24, 2.45) is 5.73 Å². The normalized spacial score (nSPS) is 9.68. The molecular formula is C17H21ClN2O2. The van der Waals surface area contributed by atoms with Gasteiger partial charge in [0.05, 0.1) is 13.2 Å². The molecule has 2 rings (SSSR count). The van der Waals surface area contributed by atoms with Gasteiger partial charge in [0.1, 0.15) is 5.75 Å². The Kier molecular flexibility index (Phi) is 8.04. The summed E-state index contributed by atoms with van der Waals surface area (Å²) in [7, 11) is 0. The van der Waals surface area contributed by atoms with Crippen molar-refractivity contribution in [3.63, 3.8) is 0 Å². The second kappa shape index (κ2) is 9.82. The molecule has 0 atom stereocenters. The van der Waals surface area contributed by atoms with Gasteiger partial charge in [0.15, 0.2) is 0 Å². The number of carbonyl (C=O) groups excluding carboxylic acids is 1. The van der Waals surface area contributed by atoms with Crippen LogP contribution in [0.5, 0.6) is 5.75 Å². The van der Waals surface area contributed by atoms with E-state index in [0.717, 1.165) is 24.3 Å². The molecule has 0 aliphatic carbocycles. The highest BCUT2D eigenvalue weighted by molar-refractivity contribution is 5.92. The highest BCUT2D eigenvalue weighted by Crippen LogP contribution is 2.16. The molecule has 2 aromatic rings. The molecule has 22 heavy (non-hydrogen) atoms. The third kappa shape index (κ3) is 6.16. The Morgan fingerprint density at radius 3 is 2.36 bits per heavy atom. The molecule has 2 aromatic carbocycles. The molecule has 0 spiro atoms. The van der Waals surface area contributed by atoms with Gasteiger partial charge in [-0.05, 0) is 42.7 Å². The van der Waals surface area contributed by atoms with E-state index in [1.165, 1.54) is 5.56 Å². The second-order valence-corrected chi connectivity index (χ2v) is 4.71. The minimum absolute atomic E-state index is 0. The fourth-order valence-electron chi connectivity index (χ4n) is 1.96. The first-order valence-electron chi connectivity index (χ1n) is 7.04. The fourth-order valence-corrected chi connectivity index (χ4v) is 1.96. The van der Waals surface area contributed by atoms with Gasteiger partial charge in [-0.25, -0.2) is 0 Å². The largest absolute Gasteiger partial charge is 0.494 e. The van der Waals surface area contributed by atoms with E-state index in [9.17, 15) is 4.79 Å². The Labute approximate surface area is 137 Å². The Morgan fingerprint density at radius 1 is 1.05 bits per heavy atom. The predicted octanol–water partition coefficient (Wildman–Crippen LogP) is 3.02. The maximum absolute atomic E-state index is 11.1. The summed E-state index contributed by atoms with van der Waals surface area (Å²) < 4.78 is 5.68. The third-order valence-corrected chi connectivity index (χ3v) is 3.04. The molecule has 0 fully saturated rings. The lowest BCUT2D eigenvalue weighted by atomic mass is 10.1. The summed E-state index contributed by atoms with van der Waals surface area (Å²) in [4.78, 5) is 11.1. The van der Waals surface area contributed by atoms with Crippen molar-refractivity contribution >= 4 is 24.0 Å². The quantitative estimate of drug-likeness (QED) is 0.771. The van der Waals surface area contributed by atoms with Crippen molar-refractivity contribution in [3.05, 3.63) is 60.2 Å². The summed E-state index contributed by atoms with van der Waals surface area (Å²) in [6.07, 6.45) is 1.97. The van der Waals surface area contributed by atoms with E-state index in [1.54, 1.807) is 12.1 Å². The number of hydrogen-bond donors (Lipinski definition) is 2. The molecule has 0 aliphatic rings. The smallest absolute Gasteiger partial charge is 0.238 e. The van der Waals surface area contributed by atoms with E-state index in [1.807, 2.05) is 30.3 Å². The van der Waals surface area contributed by atoms with Crippen molar-refractivity contribution in [3.8, 4) is 5.75 Å². The number of aryl methyl sites for hydroxylation is 1. The number of rotatable bonds is 7. The Hall–Kier alpha value is -2.04. The standard InChI is InChI=1S/C17H20N2O2.ClH/c18-13-17(20)19-15-8-10-16(11-9-15)21-12-4-7-14-5-2-1-3-6-14;/h1-3,5-6,8-11H,4,7,12-13,18H2,(H,19,20);1H. The molecule has 0 saturated carbocycles. The number of hydrogen-bond acceptors (Lipinski definition) is 3. The van der Waals surface area contributed by atoms with E-state index >= 15 is 0 Å². The number of benzene rings is 2. The molecule has 0 saturated heterocycles. The summed E-state index contributed by atoms with van der Waals surface area (Å²) in [5.41, 5.74) is 7.29. The molecule has 0 bridgehead atoms. The average Bonchev–Trinajstić information content (AvgIpc) is 2.54. The second-order valence-electron chi connectivity index (χ2n) is 4.71. The third-order valence-electron chi connectivity index (χ3n) is 3.04. The van der Waals surface area contributed by atoms with Gasteiger partial charge in [-0.2, -0.15) is 0 Å². The first-order chi connectivity index (χ1) is 10.3.